The Labute approximate surface area is 121 Å². The van der Waals surface area contributed by atoms with E-state index in [1.54, 1.807) is 0 Å². The zero-order chi connectivity index (χ0) is 13.8. The summed E-state index contributed by atoms with van der Waals surface area (Å²) >= 11 is 0. The highest BCUT2D eigenvalue weighted by molar-refractivity contribution is 7.84. The molecule has 1 N–H and O–H groups in total. The van der Waals surface area contributed by atoms with E-state index in [2.05, 4.69) is 24.1 Å². The van der Waals surface area contributed by atoms with E-state index in [0.29, 0.717) is 6.04 Å². The van der Waals surface area contributed by atoms with Crippen molar-refractivity contribution in [3.05, 3.63) is 0 Å². The van der Waals surface area contributed by atoms with Crippen molar-refractivity contribution in [2.24, 2.45) is 0 Å². The van der Waals surface area contributed by atoms with Gasteiger partial charge in [-0.25, -0.2) is 0 Å². The van der Waals surface area contributed by atoms with Crippen LogP contribution in [0.25, 0.3) is 0 Å². The molecule has 112 valence electrons. The number of fused-ring (bicyclic) bond motifs is 2. The minimum atomic E-state index is -0.643. The molecule has 2 rings (SSSR count). The third-order valence-corrected chi connectivity index (χ3v) is 5.62. The van der Waals surface area contributed by atoms with Crippen molar-refractivity contribution in [2.45, 2.75) is 76.5 Å². The zero-order valence-corrected chi connectivity index (χ0v) is 13.5. The zero-order valence-electron chi connectivity index (χ0n) is 12.7. The standard InChI is InChI=1S/C15H30N2OS/c1-4-8-16-13-10-14-5-6-15(11-13)17(14)12(2)7-9-19(3)18/h12-16H,4-11H2,1-3H3. The normalized spacial score (nSPS) is 34.4. The third kappa shape index (κ3) is 4.02. The summed E-state index contributed by atoms with van der Waals surface area (Å²) < 4.78 is 11.3. The summed E-state index contributed by atoms with van der Waals surface area (Å²) in [5, 5.41) is 3.71. The van der Waals surface area contributed by atoms with Gasteiger partial charge in [-0.15, -0.1) is 0 Å². The molecule has 0 aromatic carbocycles. The topological polar surface area (TPSA) is 32.3 Å². The Kier molecular flexibility index (Phi) is 5.85. The second-order valence-electron chi connectivity index (χ2n) is 6.37. The molecule has 2 fully saturated rings. The maximum Gasteiger partial charge on any atom is 0.0246 e. The molecule has 0 aliphatic carbocycles. The molecule has 4 heteroatoms. The van der Waals surface area contributed by atoms with Crippen molar-refractivity contribution in [3.8, 4) is 0 Å². The van der Waals surface area contributed by atoms with Gasteiger partial charge >= 0.3 is 0 Å². The molecule has 0 saturated carbocycles. The first-order chi connectivity index (χ1) is 9.11. The molecule has 0 amide bonds. The molecule has 0 aromatic heterocycles. The smallest absolute Gasteiger partial charge is 0.0246 e. The number of piperidine rings is 1. The first-order valence-corrected chi connectivity index (χ1v) is 9.65. The van der Waals surface area contributed by atoms with Crippen LogP contribution < -0.4 is 5.32 Å². The molecular formula is C15H30N2OS. The molecule has 19 heavy (non-hydrogen) atoms. The molecule has 0 spiro atoms. The van der Waals surface area contributed by atoms with E-state index in [0.717, 1.165) is 36.8 Å². The summed E-state index contributed by atoms with van der Waals surface area (Å²) in [4.78, 5) is 2.75. The van der Waals surface area contributed by atoms with E-state index >= 15 is 0 Å². The largest absolute Gasteiger partial charge is 0.314 e. The van der Waals surface area contributed by atoms with Crippen LogP contribution in [0, 0.1) is 0 Å². The predicted molar refractivity (Wildman–Crippen MR) is 83.0 cm³/mol. The van der Waals surface area contributed by atoms with Crippen LogP contribution in [0.4, 0.5) is 0 Å². The molecule has 3 nitrogen and oxygen atoms in total. The third-order valence-electron chi connectivity index (χ3n) is 4.80. The lowest BCUT2D eigenvalue weighted by Gasteiger charge is -2.43. The van der Waals surface area contributed by atoms with Crippen LogP contribution in [0.1, 0.15) is 52.4 Å². The lowest BCUT2D eigenvalue weighted by Crippen LogP contribution is -2.52. The van der Waals surface area contributed by atoms with E-state index in [1.807, 2.05) is 6.26 Å². The molecule has 4 unspecified atom stereocenters. The predicted octanol–water partition coefficient (Wildman–Crippen LogP) is 2.14. The first-order valence-electron chi connectivity index (χ1n) is 7.92. The van der Waals surface area contributed by atoms with Gasteiger partial charge in [0.05, 0.1) is 0 Å². The minimum Gasteiger partial charge on any atom is -0.314 e. The van der Waals surface area contributed by atoms with Gasteiger partial charge < -0.3 is 5.32 Å². The Hall–Kier alpha value is 0.0700. The lowest BCUT2D eigenvalue weighted by molar-refractivity contribution is 0.0761. The van der Waals surface area contributed by atoms with E-state index in [9.17, 15) is 4.21 Å². The van der Waals surface area contributed by atoms with Gasteiger partial charge in [0.1, 0.15) is 0 Å². The van der Waals surface area contributed by atoms with Gasteiger partial charge in [0.2, 0.25) is 0 Å². The Bertz CT molecular complexity index is 297. The van der Waals surface area contributed by atoms with Crippen LogP contribution in [-0.2, 0) is 10.8 Å². The fourth-order valence-electron chi connectivity index (χ4n) is 3.93. The minimum absolute atomic E-state index is 0.605. The Morgan fingerprint density at radius 2 is 1.95 bits per heavy atom. The maximum atomic E-state index is 11.3. The van der Waals surface area contributed by atoms with Gasteiger partial charge in [-0.05, 0) is 52.0 Å². The molecule has 2 saturated heterocycles. The molecule has 4 atom stereocenters. The first kappa shape index (κ1) is 15.5. The summed E-state index contributed by atoms with van der Waals surface area (Å²) in [6, 6.07) is 2.89. The Balaban J connectivity index is 1.86. The molecule has 2 heterocycles. The summed E-state index contributed by atoms with van der Waals surface area (Å²) in [6.45, 7) is 5.73. The van der Waals surface area contributed by atoms with Crippen LogP contribution >= 0.6 is 0 Å². The van der Waals surface area contributed by atoms with Gasteiger partial charge in [0.25, 0.3) is 0 Å². The highest BCUT2D eigenvalue weighted by atomic mass is 32.2. The number of hydrogen-bond donors (Lipinski definition) is 1. The van der Waals surface area contributed by atoms with Crippen molar-refractivity contribution in [3.63, 3.8) is 0 Å². The highest BCUT2D eigenvalue weighted by Crippen LogP contribution is 2.37. The van der Waals surface area contributed by atoms with Crippen LogP contribution in [0.3, 0.4) is 0 Å². The average Bonchev–Trinajstić information content (AvgIpc) is 2.65. The summed E-state index contributed by atoms with van der Waals surface area (Å²) in [5.74, 6) is 0.856. The van der Waals surface area contributed by atoms with Crippen molar-refractivity contribution in [2.75, 3.05) is 18.6 Å². The van der Waals surface area contributed by atoms with Gasteiger partial charge in [0, 0.05) is 47.0 Å². The molecule has 0 aromatic rings. The van der Waals surface area contributed by atoms with E-state index in [-0.39, 0.29) is 0 Å². The van der Waals surface area contributed by atoms with Crippen LogP contribution in [0.5, 0.6) is 0 Å². The van der Waals surface area contributed by atoms with Crippen LogP contribution in [0.15, 0.2) is 0 Å². The Morgan fingerprint density at radius 1 is 1.32 bits per heavy atom. The molecule has 2 aliphatic heterocycles. The quantitative estimate of drug-likeness (QED) is 0.778. The highest BCUT2D eigenvalue weighted by Gasteiger charge is 2.42. The number of rotatable bonds is 7. The second kappa shape index (κ2) is 7.19. The summed E-state index contributed by atoms with van der Waals surface area (Å²) in [7, 11) is -0.643. The van der Waals surface area contributed by atoms with E-state index in [4.69, 9.17) is 0 Å². The summed E-state index contributed by atoms with van der Waals surface area (Å²) in [5.41, 5.74) is 0. The number of nitrogens with zero attached hydrogens (tertiary/aromatic N) is 1. The van der Waals surface area contributed by atoms with Crippen LogP contribution in [0.2, 0.25) is 0 Å². The van der Waals surface area contributed by atoms with Crippen molar-refractivity contribution in [1.82, 2.24) is 10.2 Å². The van der Waals surface area contributed by atoms with Gasteiger partial charge in [-0.1, -0.05) is 6.92 Å². The fraction of sp³-hybridized carbons (Fsp3) is 1.00. The monoisotopic (exact) mass is 286 g/mol. The average molecular weight is 286 g/mol. The molecular weight excluding hydrogens is 256 g/mol. The molecule has 0 radical (unpaired) electrons. The van der Waals surface area contributed by atoms with Gasteiger partial charge in [-0.2, -0.15) is 0 Å². The number of hydrogen-bond acceptors (Lipinski definition) is 3. The lowest BCUT2D eigenvalue weighted by atomic mass is 9.95. The van der Waals surface area contributed by atoms with Gasteiger partial charge in [0.15, 0.2) is 0 Å². The van der Waals surface area contributed by atoms with Crippen molar-refractivity contribution >= 4 is 10.8 Å². The summed E-state index contributed by atoms with van der Waals surface area (Å²) in [6.07, 6.45) is 9.51. The van der Waals surface area contributed by atoms with Gasteiger partial charge in [-0.3, -0.25) is 9.11 Å². The maximum absolute atomic E-state index is 11.3. The van der Waals surface area contributed by atoms with E-state index in [1.165, 1.54) is 32.1 Å². The molecule has 2 aliphatic rings. The second-order valence-corrected chi connectivity index (χ2v) is 7.92. The van der Waals surface area contributed by atoms with Crippen molar-refractivity contribution < 1.29 is 4.21 Å². The SMILES string of the molecule is CCCNC1CC2CCC(C1)N2C(C)CCS(C)=O. The number of nitrogens with one attached hydrogen (secondary N) is 1. The van der Waals surface area contributed by atoms with Crippen molar-refractivity contribution in [1.29, 1.82) is 0 Å². The fourth-order valence-corrected chi connectivity index (χ4v) is 4.61. The van der Waals surface area contributed by atoms with E-state index < -0.39 is 10.8 Å². The van der Waals surface area contributed by atoms with Crippen LogP contribution in [-0.4, -0.2) is 51.8 Å². The Morgan fingerprint density at radius 3 is 2.47 bits per heavy atom. The molecule has 2 bridgehead atoms.